The van der Waals surface area contributed by atoms with Crippen LogP contribution in [0.4, 0.5) is 0 Å². The Bertz CT molecular complexity index is 1160. The van der Waals surface area contributed by atoms with Gasteiger partial charge < -0.3 is 14.2 Å². The first-order valence-electron chi connectivity index (χ1n) is 15.8. The fraction of sp³-hybridized carbons (Fsp3) is 0.459. The molecule has 0 aliphatic carbocycles. The van der Waals surface area contributed by atoms with Gasteiger partial charge in [0.05, 0.1) is 26.4 Å². The third-order valence-corrected chi connectivity index (χ3v) is 7.24. The molecule has 0 aliphatic rings. The van der Waals surface area contributed by atoms with Crippen LogP contribution in [0.2, 0.25) is 0 Å². The van der Waals surface area contributed by atoms with Crippen LogP contribution in [-0.2, 0) is 33.7 Å². The summed E-state index contributed by atoms with van der Waals surface area (Å²) in [5.41, 5.74) is 4.31. The quantitative estimate of drug-likeness (QED) is 0.104. The molecule has 3 aromatic rings. The predicted octanol–water partition coefficient (Wildman–Crippen LogP) is 8.07. The highest BCUT2D eigenvalue weighted by atomic mass is 16.5. The van der Waals surface area contributed by atoms with E-state index in [2.05, 4.69) is 53.4 Å². The molecule has 0 radical (unpaired) electrons. The fourth-order valence-corrected chi connectivity index (χ4v) is 4.84. The van der Waals surface area contributed by atoms with Gasteiger partial charge in [-0.2, -0.15) is 0 Å². The van der Waals surface area contributed by atoms with Gasteiger partial charge in [-0.1, -0.05) is 80.9 Å². The van der Waals surface area contributed by atoms with E-state index in [9.17, 15) is 9.59 Å². The van der Waals surface area contributed by atoms with Crippen LogP contribution in [0.3, 0.4) is 0 Å². The van der Waals surface area contributed by atoms with Crippen molar-refractivity contribution in [1.29, 1.82) is 0 Å². The summed E-state index contributed by atoms with van der Waals surface area (Å²) in [4.78, 5) is 25.7. The van der Waals surface area contributed by atoms with Crippen molar-refractivity contribution in [2.45, 2.75) is 78.2 Å². The molecular weight excluding hydrogens is 538 g/mol. The largest absolute Gasteiger partial charge is 0.493 e. The Balaban J connectivity index is 0.00000316. The molecule has 0 bridgehead atoms. The number of esters is 2. The normalized spacial score (nSPS) is 10.5. The van der Waals surface area contributed by atoms with Gasteiger partial charge in [0.15, 0.2) is 0 Å². The zero-order valence-corrected chi connectivity index (χ0v) is 26.7. The summed E-state index contributed by atoms with van der Waals surface area (Å²) in [5, 5.41) is 0. The first-order valence-corrected chi connectivity index (χ1v) is 15.8. The Morgan fingerprint density at radius 3 is 2.07 bits per heavy atom. The molecule has 0 saturated carbocycles. The zero-order valence-electron chi connectivity index (χ0n) is 26.7. The number of rotatable bonds is 19. The smallest absolute Gasteiger partial charge is 0.337 e. The maximum atomic E-state index is 11.8. The average Bonchev–Trinajstić information content (AvgIpc) is 3.06. The van der Waals surface area contributed by atoms with E-state index >= 15 is 0 Å². The number of carbonyl (C=O) groups excluding carboxylic acids is 2. The van der Waals surface area contributed by atoms with Crippen LogP contribution in [0, 0.1) is 0 Å². The lowest BCUT2D eigenvalue weighted by Gasteiger charge is -2.23. The Hall–Kier alpha value is -3.64. The Morgan fingerprint density at radius 1 is 0.651 bits per heavy atom. The molecule has 3 aromatic carbocycles. The van der Waals surface area contributed by atoms with Crippen LogP contribution < -0.4 is 4.74 Å². The minimum atomic E-state index is -0.327. The minimum absolute atomic E-state index is 0.152. The van der Waals surface area contributed by atoms with Crippen LogP contribution in [-0.4, -0.2) is 50.8 Å². The van der Waals surface area contributed by atoms with Crippen LogP contribution in [0.15, 0.2) is 78.9 Å². The summed E-state index contributed by atoms with van der Waals surface area (Å²) in [6, 6.07) is 26.6. The van der Waals surface area contributed by atoms with Gasteiger partial charge in [0.2, 0.25) is 0 Å². The third-order valence-electron chi connectivity index (χ3n) is 7.24. The highest BCUT2D eigenvalue weighted by molar-refractivity contribution is 5.89. The van der Waals surface area contributed by atoms with E-state index in [0.717, 1.165) is 82.5 Å². The van der Waals surface area contributed by atoms with Gasteiger partial charge in [0.25, 0.3) is 0 Å². The summed E-state index contributed by atoms with van der Waals surface area (Å²) >= 11 is 0. The summed E-state index contributed by atoms with van der Waals surface area (Å²) in [7, 11) is 2.83. The maximum absolute atomic E-state index is 11.8. The lowest BCUT2D eigenvalue weighted by atomic mass is 10.1. The molecule has 6 nitrogen and oxygen atoms in total. The average molecular weight is 590 g/mol. The molecular formula is C37H51NO5. The SMILES string of the molecule is CC.COC(=O)CCCCCN(CCc1ccccc1OCCCCCc1ccccc1)Cc1ccc(C(=O)OC)cc1. The molecule has 0 aromatic heterocycles. The van der Waals surface area contributed by atoms with Gasteiger partial charge >= 0.3 is 11.9 Å². The van der Waals surface area contributed by atoms with Crippen molar-refractivity contribution >= 4 is 11.9 Å². The number of hydrogen-bond donors (Lipinski definition) is 0. The number of methoxy groups -OCH3 is 2. The van der Waals surface area contributed by atoms with Crippen LogP contribution in [0.25, 0.3) is 0 Å². The molecule has 0 unspecified atom stereocenters. The molecule has 0 N–H and O–H groups in total. The standard InChI is InChI=1S/C35H45NO5.C2H6/c1-39-34(37)19-9-4-12-25-36(28-30-20-22-32(23-21-30)35(38)40-2)26-24-31-17-10-11-18-33(31)41-27-13-5-8-16-29-14-6-3-7-15-29;1-2/h3,6-7,10-11,14-15,17-18,20-23H,4-5,8-9,12-13,16,19,24-28H2,1-2H3;1-2H3. The number of ether oxygens (including phenoxy) is 3. The molecule has 43 heavy (non-hydrogen) atoms. The second-order valence-corrected chi connectivity index (χ2v) is 10.4. The summed E-state index contributed by atoms with van der Waals surface area (Å²) < 4.78 is 15.8. The van der Waals surface area contributed by atoms with E-state index in [1.165, 1.54) is 31.8 Å². The van der Waals surface area contributed by atoms with Gasteiger partial charge in [-0.05, 0) is 86.4 Å². The first-order chi connectivity index (χ1) is 21.1. The van der Waals surface area contributed by atoms with Crippen molar-refractivity contribution in [1.82, 2.24) is 4.90 Å². The van der Waals surface area contributed by atoms with Crippen molar-refractivity contribution in [3.05, 3.63) is 101 Å². The molecule has 6 heteroatoms. The molecule has 0 spiro atoms. The van der Waals surface area contributed by atoms with E-state index in [1.54, 1.807) is 0 Å². The second kappa shape index (κ2) is 22.0. The third kappa shape index (κ3) is 14.4. The van der Waals surface area contributed by atoms with E-state index in [4.69, 9.17) is 14.2 Å². The fourth-order valence-electron chi connectivity index (χ4n) is 4.84. The van der Waals surface area contributed by atoms with E-state index in [0.29, 0.717) is 12.0 Å². The number of benzene rings is 3. The monoisotopic (exact) mass is 589 g/mol. The molecule has 0 fully saturated rings. The van der Waals surface area contributed by atoms with Crippen LogP contribution in [0.1, 0.15) is 85.8 Å². The highest BCUT2D eigenvalue weighted by Crippen LogP contribution is 2.20. The van der Waals surface area contributed by atoms with E-state index in [-0.39, 0.29) is 11.9 Å². The van der Waals surface area contributed by atoms with Crippen LogP contribution in [0.5, 0.6) is 5.75 Å². The van der Waals surface area contributed by atoms with Gasteiger partial charge in [0, 0.05) is 19.5 Å². The van der Waals surface area contributed by atoms with E-state index < -0.39 is 0 Å². The van der Waals surface area contributed by atoms with Crippen molar-refractivity contribution in [2.75, 3.05) is 33.9 Å². The molecule has 0 aliphatic heterocycles. The minimum Gasteiger partial charge on any atom is -0.493 e. The predicted molar refractivity (Wildman–Crippen MR) is 175 cm³/mol. The van der Waals surface area contributed by atoms with Crippen molar-refractivity contribution in [2.24, 2.45) is 0 Å². The van der Waals surface area contributed by atoms with Gasteiger partial charge in [-0.25, -0.2) is 4.79 Å². The second-order valence-electron chi connectivity index (χ2n) is 10.4. The number of para-hydroxylation sites is 1. The zero-order chi connectivity index (χ0) is 31.1. The number of nitrogens with zero attached hydrogens (tertiary/aromatic N) is 1. The lowest BCUT2D eigenvalue weighted by Crippen LogP contribution is -2.27. The molecule has 0 amide bonds. The number of unbranched alkanes of at least 4 members (excludes halogenated alkanes) is 4. The molecule has 3 rings (SSSR count). The topological polar surface area (TPSA) is 65.1 Å². The Labute approximate surface area is 259 Å². The Morgan fingerprint density at radius 2 is 1.35 bits per heavy atom. The van der Waals surface area contributed by atoms with Gasteiger partial charge in [-0.3, -0.25) is 9.69 Å². The summed E-state index contributed by atoms with van der Waals surface area (Å²) in [6.45, 7) is 7.31. The number of aryl methyl sites for hydroxylation is 1. The van der Waals surface area contributed by atoms with Crippen molar-refractivity contribution in [3.8, 4) is 5.75 Å². The first kappa shape index (κ1) is 35.6. The van der Waals surface area contributed by atoms with Crippen LogP contribution >= 0.6 is 0 Å². The molecule has 0 heterocycles. The van der Waals surface area contributed by atoms with Crippen molar-refractivity contribution in [3.63, 3.8) is 0 Å². The number of carbonyl (C=O) groups is 2. The van der Waals surface area contributed by atoms with Gasteiger partial charge in [0.1, 0.15) is 5.75 Å². The summed E-state index contributed by atoms with van der Waals surface area (Å²) in [5.74, 6) is 0.489. The lowest BCUT2D eigenvalue weighted by molar-refractivity contribution is -0.140. The summed E-state index contributed by atoms with van der Waals surface area (Å²) in [6.07, 6.45) is 8.61. The molecule has 0 atom stereocenters. The Kier molecular flexibility index (Phi) is 18.2. The maximum Gasteiger partial charge on any atom is 0.337 e. The number of hydrogen-bond acceptors (Lipinski definition) is 6. The molecule has 0 saturated heterocycles. The van der Waals surface area contributed by atoms with Gasteiger partial charge in [-0.15, -0.1) is 0 Å². The van der Waals surface area contributed by atoms with Crippen molar-refractivity contribution < 1.29 is 23.8 Å². The van der Waals surface area contributed by atoms with E-state index in [1.807, 2.05) is 44.2 Å². The molecule has 234 valence electrons. The highest BCUT2D eigenvalue weighted by Gasteiger charge is 2.11.